The van der Waals surface area contributed by atoms with Crippen LogP contribution < -0.4 is 17.0 Å². The minimum absolute atomic E-state index is 0.0258. The fourth-order valence-corrected chi connectivity index (χ4v) is 2.52. The van der Waals surface area contributed by atoms with Gasteiger partial charge in [0.2, 0.25) is 0 Å². The van der Waals surface area contributed by atoms with Crippen LogP contribution in [0.1, 0.15) is 43.8 Å². The first kappa shape index (κ1) is 12.0. The van der Waals surface area contributed by atoms with Crippen LogP contribution in [-0.2, 0) is 7.05 Å². The van der Waals surface area contributed by atoms with E-state index in [2.05, 4.69) is 0 Å². The second-order valence-electron chi connectivity index (χ2n) is 4.81. The van der Waals surface area contributed by atoms with Crippen LogP contribution in [0.5, 0.6) is 0 Å². The molecule has 5 heteroatoms. The molecule has 0 spiro atoms. The molecule has 2 N–H and O–H groups in total. The summed E-state index contributed by atoms with van der Waals surface area (Å²) < 4.78 is 2.81. The largest absolute Gasteiger partial charge is 0.393 e. The van der Waals surface area contributed by atoms with Gasteiger partial charge < -0.3 is 5.73 Å². The maximum atomic E-state index is 12.1. The summed E-state index contributed by atoms with van der Waals surface area (Å²) in [6.45, 7) is 1.70. The molecule has 1 aliphatic carbocycles. The number of hydrogen-bond donors (Lipinski definition) is 1. The molecule has 0 saturated heterocycles. The van der Waals surface area contributed by atoms with Crippen LogP contribution in [0, 0.1) is 6.92 Å². The van der Waals surface area contributed by atoms with E-state index in [0.717, 1.165) is 25.7 Å². The highest BCUT2D eigenvalue weighted by Gasteiger charge is 2.21. The SMILES string of the molecule is Cc1c(N)c(=O)n(C2CCCCC2)c(=O)n1C. The Hall–Kier alpha value is -1.52. The van der Waals surface area contributed by atoms with Crippen molar-refractivity contribution in [1.29, 1.82) is 0 Å². The number of anilines is 1. The molecule has 5 nitrogen and oxygen atoms in total. The number of hydrogen-bond acceptors (Lipinski definition) is 3. The third kappa shape index (κ3) is 1.90. The van der Waals surface area contributed by atoms with Crippen LogP contribution >= 0.6 is 0 Å². The lowest BCUT2D eigenvalue weighted by molar-refractivity contribution is 0.331. The van der Waals surface area contributed by atoms with E-state index in [1.807, 2.05) is 0 Å². The van der Waals surface area contributed by atoms with Gasteiger partial charge in [-0.3, -0.25) is 13.9 Å². The zero-order valence-corrected chi connectivity index (χ0v) is 10.4. The maximum absolute atomic E-state index is 12.1. The predicted molar refractivity (Wildman–Crippen MR) is 67.2 cm³/mol. The van der Waals surface area contributed by atoms with Crippen molar-refractivity contribution >= 4 is 5.69 Å². The molecular weight excluding hydrogens is 218 g/mol. The Kier molecular flexibility index (Phi) is 3.09. The average molecular weight is 237 g/mol. The van der Waals surface area contributed by atoms with Crippen LogP contribution in [0.15, 0.2) is 9.59 Å². The average Bonchev–Trinajstić information content (AvgIpc) is 2.36. The number of rotatable bonds is 1. The maximum Gasteiger partial charge on any atom is 0.331 e. The molecule has 0 aliphatic heterocycles. The Labute approximate surface area is 99.9 Å². The molecule has 0 aromatic carbocycles. The van der Waals surface area contributed by atoms with Gasteiger partial charge >= 0.3 is 5.69 Å². The van der Waals surface area contributed by atoms with Gasteiger partial charge in [0.05, 0.1) is 0 Å². The molecule has 1 aromatic heterocycles. The number of nitrogens with zero attached hydrogens (tertiary/aromatic N) is 2. The van der Waals surface area contributed by atoms with Gasteiger partial charge in [0.25, 0.3) is 5.56 Å². The minimum atomic E-state index is -0.322. The molecule has 2 rings (SSSR count). The first-order valence-electron chi connectivity index (χ1n) is 6.11. The third-order valence-electron chi connectivity index (χ3n) is 3.77. The fraction of sp³-hybridized carbons (Fsp3) is 0.667. The molecule has 0 bridgehead atoms. The Morgan fingerprint density at radius 1 is 1.18 bits per heavy atom. The molecule has 1 fully saturated rings. The van der Waals surface area contributed by atoms with Crippen LogP contribution in [0.25, 0.3) is 0 Å². The molecule has 0 radical (unpaired) electrons. The number of nitrogen functional groups attached to an aromatic ring is 1. The second kappa shape index (κ2) is 4.39. The predicted octanol–water partition coefficient (Wildman–Crippen LogP) is 0.943. The topological polar surface area (TPSA) is 70.0 Å². The first-order valence-corrected chi connectivity index (χ1v) is 6.11. The first-order chi connectivity index (χ1) is 8.04. The highest BCUT2D eigenvalue weighted by atomic mass is 16.2. The van der Waals surface area contributed by atoms with Gasteiger partial charge in [-0.1, -0.05) is 19.3 Å². The molecule has 1 aromatic rings. The summed E-state index contributed by atoms with van der Waals surface area (Å²) in [6.07, 6.45) is 5.14. The zero-order chi connectivity index (χ0) is 12.6. The number of aromatic nitrogens is 2. The second-order valence-corrected chi connectivity index (χ2v) is 4.81. The Morgan fingerprint density at radius 3 is 2.35 bits per heavy atom. The third-order valence-corrected chi connectivity index (χ3v) is 3.77. The highest BCUT2D eigenvalue weighted by molar-refractivity contribution is 5.39. The molecule has 0 amide bonds. The van der Waals surface area contributed by atoms with Gasteiger partial charge in [-0.05, 0) is 19.8 Å². The zero-order valence-electron chi connectivity index (χ0n) is 10.4. The summed E-state index contributed by atoms with van der Waals surface area (Å²) in [6, 6.07) is 0.0258. The molecule has 94 valence electrons. The lowest BCUT2D eigenvalue weighted by Gasteiger charge is -2.24. The summed E-state index contributed by atoms with van der Waals surface area (Å²) in [5.41, 5.74) is 5.94. The van der Waals surface area contributed by atoms with Crippen LogP contribution in [0.3, 0.4) is 0 Å². The van der Waals surface area contributed by atoms with Gasteiger partial charge in [0.15, 0.2) is 0 Å². The normalized spacial score (nSPS) is 17.3. The van der Waals surface area contributed by atoms with Crippen LogP contribution in [0.2, 0.25) is 0 Å². The summed E-state index contributed by atoms with van der Waals surface area (Å²) in [5.74, 6) is 0. The van der Waals surface area contributed by atoms with Crippen molar-refractivity contribution in [2.45, 2.75) is 45.1 Å². The summed E-state index contributed by atoms with van der Waals surface area (Å²) in [7, 11) is 1.66. The van der Waals surface area contributed by atoms with Gasteiger partial charge in [-0.15, -0.1) is 0 Å². The molecule has 1 saturated carbocycles. The molecule has 0 atom stereocenters. The van der Waals surface area contributed by atoms with Crippen LogP contribution in [0.4, 0.5) is 5.69 Å². The van der Waals surface area contributed by atoms with E-state index in [-0.39, 0.29) is 23.0 Å². The van der Waals surface area contributed by atoms with Crippen molar-refractivity contribution in [2.24, 2.45) is 7.05 Å². The van der Waals surface area contributed by atoms with Gasteiger partial charge in [0.1, 0.15) is 5.69 Å². The Morgan fingerprint density at radius 2 is 1.76 bits per heavy atom. The lowest BCUT2D eigenvalue weighted by Crippen LogP contribution is -2.44. The summed E-state index contributed by atoms with van der Waals surface area (Å²) in [5, 5.41) is 0. The number of nitrogens with two attached hydrogens (primary N) is 1. The molecular formula is C12H19N3O2. The Balaban J connectivity index is 2.61. The van der Waals surface area contributed by atoms with E-state index < -0.39 is 0 Å². The van der Waals surface area contributed by atoms with Gasteiger partial charge in [-0.25, -0.2) is 4.79 Å². The molecule has 0 unspecified atom stereocenters. The summed E-state index contributed by atoms with van der Waals surface area (Å²) in [4.78, 5) is 24.2. The van der Waals surface area contributed by atoms with E-state index in [4.69, 9.17) is 5.73 Å². The van der Waals surface area contributed by atoms with Crippen molar-refractivity contribution < 1.29 is 0 Å². The van der Waals surface area contributed by atoms with E-state index in [1.54, 1.807) is 14.0 Å². The van der Waals surface area contributed by atoms with Crippen molar-refractivity contribution in [3.05, 3.63) is 26.5 Å². The van der Waals surface area contributed by atoms with Crippen LogP contribution in [-0.4, -0.2) is 9.13 Å². The Bertz CT molecular complexity index is 499. The standard InChI is InChI=1S/C12H19N3O2/c1-8-10(13)11(16)15(12(17)14(8)2)9-6-4-3-5-7-9/h9H,3-7,13H2,1-2H3. The van der Waals surface area contributed by atoms with E-state index in [0.29, 0.717) is 5.69 Å². The van der Waals surface area contributed by atoms with Crippen molar-refractivity contribution in [3.63, 3.8) is 0 Å². The monoisotopic (exact) mass is 237 g/mol. The highest BCUT2D eigenvalue weighted by Crippen LogP contribution is 2.26. The molecule has 1 aliphatic rings. The summed E-state index contributed by atoms with van der Waals surface area (Å²) >= 11 is 0. The van der Waals surface area contributed by atoms with Crippen molar-refractivity contribution in [2.75, 3.05) is 5.73 Å². The van der Waals surface area contributed by atoms with Gasteiger partial charge in [0, 0.05) is 18.8 Å². The molecule has 17 heavy (non-hydrogen) atoms. The lowest BCUT2D eigenvalue weighted by atomic mass is 9.95. The van der Waals surface area contributed by atoms with E-state index >= 15 is 0 Å². The van der Waals surface area contributed by atoms with E-state index in [9.17, 15) is 9.59 Å². The molecule has 1 heterocycles. The van der Waals surface area contributed by atoms with E-state index in [1.165, 1.54) is 15.6 Å². The fourth-order valence-electron chi connectivity index (χ4n) is 2.52. The van der Waals surface area contributed by atoms with Crippen molar-refractivity contribution in [1.82, 2.24) is 9.13 Å². The quantitative estimate of drug-likeness (QED) is 0.790. The smallest absolute Gasteiger partial charge is 0.331 e. The minimum Gasteiger partial charge on any atom is -0.393 e. The van der Waals surface area contributed by atoms with Crippen molar-refractivity contribution in [3.8, 4) is 0 Å². The van der Waals surface area contributed by atoms with Gasteiger partial charge in [-0.2, -0.15) is 0 Å².